The standard InChI is InChI=1S/C17H16N2O2/c1-11-3-4-16-15(7-11)13(10-21-16)9-17(20)19-14-5-6-18-12(2)8-14/h3-8,10H,9H2,1-2H3,(H,18,19,20). The van der Waals surface area contributed by atoms with Gasteiger partial charge in [-0.1, -0.05) is 11.6 Å². The molecule has 0 radical (unpaired) electrons. The summed E-state index contributed by atoms with van der Waals surface area (Å²) in [6.07, 6.45) is 3.63. The number of fused-ring (bicyclic) bond motifs is 1. The van der Waals surface area contributed by atoms with Gasteiger partial charge >= 0.3 is 0 Å². The molecule has 2 aromatic heterocycles. The summed E-state index contributed by atoms with van der Waals surface area (Å²) in [5.41, 5.74) is 4.49. The highest BCUT2D eigenvalue weighted by Gasteiger charge is 2.11. The number of carbonyl (C=O) groups is 1. The van der Waals surface area contributed by atoms with Crippen molar-refractivity contribution in [2.24, 2.45) is 0 Å². The normalized spacial score (nSPS) is 10.8. The molecule has 0 atom stereocenters. The van der Waals surface area contributed by atoms with Crippen LogP contribution in [0.2, 0.25) is 0 Å². The Kier molecular flexibility index (Phi) is 3.44. The molecule has 2 heterocycles. The van der Waals surface area contributed by atoms with Crippen molar-refractivity contribution in [2.45, 2.75) is 20.3 Å². The highest BCUT2D eigenvalue weighted by molar-refractivity contribution is 5.95. The van der Waals surface area contributed by atoms with Gasteiger partial charge in [0.15, 0.2) is 0 Å². The SMILES string of the molecule is Cc1ccc2occ(CC(=O)Nc3ccnc(C)c3)c2c1. The minimum Gasteiger partial charge on any atom is -0.464 e. The van der Waals surface area contributed by atoms with Crippen LogP contribution < -0.4 is 5.32 Å². The van der Waals surface area contributed by atoms with E-state index in [2.05, 4.69) is 10.3 Å². The van der Waals surface area contributed by atoms with Crippen LogP contribution in [0.15, 0.2) is 47.2 Å². The summed E-state index contributed by atoms with van der Waals surface area (Å²) in [5.74, 6) is -0.0650. The van der Waals surface area contributed by atoms with Gasteiger partial charge in [0.2, 0.25) is 5.91 Å². The lowest BCUT2D eigenvalue weighted by atomic mass is 10.1. The van der Waals surface area contributed by atoms with Gasteiger partial charge in [-0.3, -0.25) is 9.78 Å². The molecule has 0 saturated heterocycles. The van der Waals surface area contributed by atoms with Gasteiger partial charge in [-0.25, -0.2) is 0 Å². The fraction of sp³-hybridized carbons (Fsp3) is 0.176. The molecule has 4 heteroatoms. The van der Waals surface area contributed by atoms with Crippen molar-refractivity contribution in [2.75, 3.05) is 5.32 Å². The van der Waals surface area contributed by atoms with Crippen molar-refractivity contribution in [1.29, 1.82) is 0 Å². The van der Waals surface area contributed by atoms with Gasteiger partial charge in [0.05, 0.1) is 12.7 Å². The summed E-state index contributed by atoms with van der Waals surface area (Å²) in [4.78, 5) is 16.3. The Morgan fingerprint density at radius 1 is 1.24 bits per heavy atom. The van der Waals surface area contributed by atoms with Crippen molar-refractivity contribution in [1.82, 2.24) is 4.98 Å². The summed E-state index contributed by atoms with van der Waals surface area (Å²) in [6.45, 7) is 3.91. The first-order chi connectivity index (χ1) is 10.1. The van der Waals surface area contributed by atoms with Gasteiger partial charge in [0.25, 0.3) is 0 Å². The summed E-state index contributed by atoms with van der Waals surface area (Å²) < 4.78 is 5.48. The number of rotatable bonds is 3. The van der Waals surface area contributed by atoms with Crippen LogP contribution in [0.4, 0.5) is 5.69 Å². The Morgan fingerprint density at radius 3 is 2.90 bits per heavy atom. The summed E-state index contributed by atoms with van der Waals surface area (Å²) in [7, 11) is 0. The maximum atomic E-state index is 12.1. The lowest BCUT2D eigenvalue weighted by molar-refractivity contribution is -0.115. The van der Waals surface area contributed by atoms with Gasteiger partial charge in [-0.05, 0) is 38.1 Å². The van der Waals surface area contributed by atoms with Crippen molar-refractivity contribution < 1.29 is 9.21 Å². The zero-order chi connectivity index (χ0) is 14.8. The van der Waals surface area contributed by atoms with Crippen molar-refractivity contribution in [3.8, 4) is 0 Å². The summed E-state index contributed by atoms with van der Waals surface area (Å²) >= 11 is 0. The van der Waals surface area contributed by atoms with E-state index in [1.165, 1.54) is 0 Å². The fourth-order valence-corrected chi connectivity index (χ4v) is 2.33. The van der Waals surface area contributed by atoms with Crippen LogP contribution in [-0.2, 0) is 11.2 Å². The smallest absolute Gasteiger partial charge is 0.228 e. The molecule has 0 saturated carbocycles. The highest BCUT2D eigenvalue weighted by Crippen LogP contribution is 2.23. The quantitative estimate of drug-likeness (QED) is 0.797. The Labute approximate surface area is 122 Å². The molecule has 1 aromatic carbocycles. The second-order valence-corrected chi connectivity index (χ2v) is 5.17. The first kappa shape index (κ1) is 13.4. The van der Waals surface area contributed by atoms with Crippen molar-refractivity contribution in [3.05, 3.63) is 59.6 Å². The predicted molar refractivity (Wildman–Crippen MR) is 82.3 cm³/mol. The maximum absolute atomic E-state index is 12.1. The van der Waals surface area contributed by atoms with Crippen LogP contribution in [0.5, 0.6) is 0 Å². The van der Waals surface area contributed by atoms with E-state index in [4.69, 9.17) is 4.42 Å². The van der Waals surface area contributed by atoms with Crippen LogP contribution in [0.3, 0.4) is 0 Å². The molecular formula is C17H16N2O2. The van der Waals surface area contributed by atoms with Crippen LogP contribution >= 0.6 is 0 Å². The van der Waals surface area contributed by atoms with Gasteiger partial charge in [-0.2, -0.15) is 0 Å². The molecule has 0 aliphatic rings. The minimum absolute atomic E-state index is 0.0650. The molecule has 106 valence electrons. The fourth-order valence-electron chi connectivity index (χ4n) is 2.33. The first-order valence-corrected chi connectivity index (χ1v) is 6.81. The molecule has 0 fully saturated rings. The number of carbonyl (C=O) groups excluding carboxylic acids is 1. The second kappa shape index (κ2) is 5.40. The summed E-state index contributed by atoms with van der Waals surface area (Å²) in [5, 5.41) is 3.88. The molecule has 0 bridgehead atoms. The third-order valence-electron chi connectivity index (χ3n) is 3.34. The van der Waals surface area contributed by atoms with Crippen molar-refractivity contribution >= 4 is 22.6 Å². The lowest BCUT2D eigenvalue weighted by Gasteiger charge is -2.05. The Morgan fingerprint density at radius 2 is 2.10 bits per heavy atom. The Bertz CT molecular complexity index is 805. The van der Waals surface area contributed by atoms with Gasteiger partial charge in [-0.15, -0.1) is 0 Å². The third kappa shape index (κ3) is 2.94. The number of anilines is 1. The van der Waals surface area contributed by atoms with E-state index >= 15 is 0 Å². The molecule has 0 unspecified atom stereocenters. The molecule has 0 aliphatic heterocycles. The zero-order valence-corrected chi connectivity index (χ0v) is 12.0. The Balaban J connectivity index is 1.79. The molecular weight excluding hydrogens is 264 g/mol. The van der Waals surface area contributed by atoms with Crippen LogP contribution in [0.1, 0.15) is 16.8 Å². The molecule has 3 rings (SSSR count). The maximum Gasteiger partial charge on any atom is 0.228 e. The molecule has 1 amide bonds. The van der Waals surface area contributed by atoms with E-state index in [1.54, 1.807) is 18.5 Å². The van der Waals surface area contributed by atoms with Gasteiger partial charge in [0, 0.05) is 28.5 Å². The van der Waals surface area contributed by atoms with Crippen LogP contribution in [-0.4, -0.2) is 10.9 Å². The van der Waals surface area contributed by atoms with E-state index in [9.17, 15) is 4.79 Å². The van der Waals surface area contributed by atoms with Crippen LogP contribution in [0, 0.1) is 13.8 Å². The van der Waals surface area contributed by atoms with Gasteiger partial charge < -0.3 is 9.73 Å². The van der Waals surface area contributed by atoms with Crippen molar-refractivity contribution in [3.63, 3.8) is 0 Å². The largest absolute Gasteiger partial charge is 0.464 e. The minimum atomic E-state index is -0.0650. The molecule has 4 nitrogen and oxygen atoms in total. The topological polar surface area (TPSA) is 55.1 Å². The molecule has 0 aliphatic carbocycles. The first-order valence-electron chi connectivity index (χ1n) is 6.81. The van der Waals surface area contributed by atoms with E-state index in [1.807, 2.05) is 38.1 Å². The zero-order valence-electron chi connectivity index (χ0n) is 12.0. The number of nitrogens with one attached hydrogen (secondary N) is 1. The molecule has 0 spiro atoms. The monoisotopic (exact) mass is 280 g/mol. The average molecular weight is 280 g/mol. The number of furan rings is 1. The van der Waals surface area contributed by atoms with Crippen LogP contribution in [0.25, 0.3) is 11.0 Å². The number of benzene rings is 1. The lowest BCUT2D eigenvalue weighted by Crippen LogP contribution is -2.14. The van der Waals surface area contributed by atoms with E-state index in [0.29, 0.717) is 0 Å². The molecule has 3 aromatic rings. The van der Waals surface area contributed by atoms with E-state index < -0.39 is 0 Å². The summed E-state index contributed by atoms with van der Waals surface area (Å²) in [6, 6.07) is 9.59. The van der Waals surface area contributed by atoms with Gasteiger partial charge in [0.1, 0.15) is 5.58 Å². The number of pyridine rings is 1. The highest BCUT2D eigenvalue weighted by atomic mass is 16.3. The number of hydrogen-bond acceptors (Lipinski definition) is 3. The van der Waals surface area contributed by atoms with E-state index in [0.717, 1.165) is 33.5 Å². The number of hydrogen-bond donors (Lipinski definition) is 1. The predicted octanol–water partition coefficient (Wildman–Crippen LogP) is 3.63. The number of nitrogens with zero attached hydrogens (tertiary/aromatic N) is 1. The Hall–Kier alpha value is -2.62. The van der Waals surface area contributed by atoms with E-state index in [-0.39, 0.29) is 12.3 Å². The third-order valence-corrected chi connectivity index (χ3v) is 3.34. The average Bonchev–Trinajstić information content (AvgIpc) is 2.81. The number of aryl methyl sites for hydroxylation is 2. The molecule has 21 heavy (non-hydrogen) atoms. The number of aromatic nitrogens is 1. The number of amides is 1. The second-order valence-electron chi connectivity index (χ2n) is 5.17. The molecule has 1 N–H and O–H groups in total.